The average molecular weight is 451 g/mol. The van der Waals surface area contributed by atoms with E-state index in [1.165, 1.54) is 7.05 Å². The molecule has 1 aliphatic rings. The molecule has 7 heteroatoms. The molecule has 0 saturated carbocycles. The zero-order valence-electron chi connectivity index (χ0n) is 15.9. The molecule has 1 amide bonds. The number of fused-ring (bicyclic) bond motifs is 1. The van der Waals surface area contributed by atoms with Crippen molar-refractivity contribution in [3.8, 4) is 0 Å². The summed E-state index contributed by atoms with van der Waals surface area (Å²) in [5.74, 6) is -0.222. The van der Waals surface area contributed by atoms with E-state index in [-0.39, 0.29) is 23.4 Å². The van der Waals surface area contributed by atoms with Crippen molar-refractivity contribution in [2.75, 3.05) is 18.5 Å². The zero-order valence-corrected chi connectivity index (χ0v) is 18.3. The van der Waals surface area contributed by atoms with Crippen molar-refractivity contribution in [2.24, 2.45) is 0 Å². The maximum atomic E-state index is 13.0. The van der Waals surface area contributed by atoms with Gasteiger partial charge >= 0.3 is 0 Å². The predicted molar refractivity (Wildman–Crippen MR) is 111 cm³/mol. The van der Waals surface area contributed by atoms with Gasteiger partial charge in [-0.15, -0.1) is 0 Å². The fourth-order valence-corrected chi connectivity index (χ4v) is 5.32. The standard InChI is InChI=1S/C20H23BrN2O3S/c1-13-5-6-14(2)19(9-13)27(25,26)22(4)12-20(24)23-15(3)10-16-11-17(21)7-8-18(16)23/h5-9,11,15H,10,12H2,1-4H3/t15-/m0/s1. The number of sulfonamides is 1. The Hall–Kier alpha value is -1.70. The van der Waals surface area contributed by atoms with Crippen LogP contribution in [0.25, 0.3) is 0 Å². The Morgan fingerprint density at radius 2 is 1.93 bits per heavy atom. The van der Waals surface area contributed by atoms with Crippen molar-refractivity contribution in [2.45, 2.75) is 38.1 Å². The number of likely N-dealkylation sites (N-methyl/N-ethyl adjacent to an activating group) is 1. The number of aryl methyl sites for hydroxylation is 2. The number of halogens is 1. The molecule has 0 unspecified atom stereocenters. The molecule has 2 aromatic rings. The number of carbonyl (C=O) groups excluding carboxylic acids is 1. The summed E-state index contributed by atoms with van der Waals surface area (Å²) >= 11 is 3.46. The van der Waals surface area contributed by atoms with Crippen molar-refractivity contribution in [3.05, 3.63) is 57.6 Å². The van der Waals surface area contributed by atoms with Crippen LogP contribution >= 0.6 is 15.9 Å². The SMILES string of the molecule is Cc1ccc(C)c(S(=O)(=O)N(C)CC(=O)N2c3ccc(Br)cc3C[C@@H]2C)c1. The molecule has 0 aromatic heterocycles. The lowest BCUT2D eigenvalue weighted by Gasteiger charge is -2.26. The number of carbonyl (C=O) groups is 1. The molecule has 5 nitrogen and oxygen atoms in total. The summed E-state index contributed by atoms with van der Waals surface area (Å²) in [6.07, 6.45) is 0.758. The molecule has 1 heterocycles. The fourth-order valence-electron chi connectivity index (χ4n) is 3.48. The molecule has 0 N–H and O–H groups in total. The van der Waals surface area contributed by atoms with E-state index < -0.39 is 10.0 Å². The molecule has 0 aliphatic carbocycles. The molecule has 0 fully saturated rings. The molecule has 0 radical (unpaired) electrons. The molecular weight excluding hydrogens is 428 g/mol. The number of rotatable bonds is 4. The summed E-state index contributed by atoms with van der Waals surface area (Å²) in [6.45, 7) is 5.39. The number of amides is 1. The Morgan fingerprint density at radius 1 is 1.22 bits per heavy atom. The largest absolute Gasteiger partial charge is 0.308 e. The summed E-state index contributed by atoms with van der Waals surface area (Å²) in [6, 6.07) is 11.1. The van der Waals surface area contributed by atoms with E-state index in [2.05, 4.69) is 15.9 Å². The molecule has 3 rings (SSSR count). The van der Waals surface area contributed by atoms with E-state index >= 15 is 0 Å². The van der Waals surface area contributed by atoms with Crippen LogP contribution < -0.4 is 4.90 Å². The van der Waals surface area contributed by atoms with Gasteiger partial charge in [-0.1, -0.05) is 28.1 Å². The van der Waals surface area contributed by atoms with E-state index in [1.54, 1.807) is 24.0 Å². The number of benzene rings is 2. The second kappa shape index (κ2) is 7.37. The van der Waals surface area contributed by atoms with Crippen molar-refractivity contribution >= 4 is 37.5 Å². The third kappa shape index (κ3) is 3.81. The highest BCUT2D eigenvalue weighted by atomic mass is 79.9. The van der Waals surface area contributed by atoms with E-state index in [0.29, 0.717) is 5.56 Å². The number of nitrogens with zero attached hydrogens (tertiary/aromatic N) is 2. The van der Waals surface area contributed by atoms with Crippen LogP contribution in [-0.4, -0.2) is 38.3 Å². The molecule has 1 atom stereocenters. The summed E-state index contributed by atoms with van der Waals surface area (Å²) in [5, 5.41) is 0. The molecule has 2 aromatic carbocycles. The monoisotopic (exact) mass is 450 g/mol. The second-order valence-electron chi connectivity index (χ2n) is 7.12. The Balaban J connectivity index is 1.85. The van der Waals surface area contributed by atoms with Crippen LogP contribution in [0.2, 0.25) is 0 Å². The maximum Gasteiger partial charge on any atom is 0.243 e. The molecule has 1 aliphatic heterocycles. The van der Waals surface area contributed by atoms with Crippen LogP contribution in [0.5, 0.6) is 0 Å². The molecule has 0 spiro atoms. The molecule has 0 saturated heterocycles. The number of hydrogen-bond acceptors (Lipinski definition) is 3. The highest BCUT2D eigenvalue weighted by Crippen LogP contribution is 2.34. The lowest BCUT2D eigenvalue weighted by atomic mass is 10.1. The van der Waals surface area contributed by atoms with Crippen LogP contribution in [0.1, 0.15) is 23.6 Å². The van der Waals surface area contributed by atoms with Crippen molar-refractivity contribution < 1.29 is 13.2 Å². The first-order valence-corrected chi connectivity index (χ1v) is 11.0. The topological polar surface area (TPSA) is 57.7 Å². The van der Waals surface area contributed by atoms with Gasteiger partial charge < -0.3 is 4.90 Å². The summed E-state index contributed by atoms with van der Waals surface area (Å²) in [7, 11) is -2.28. The highest BCUT2D eigenvalue weighted by molar-refractivity contribution is 9.10. The van der Waals surface area contributed by atoms with Gasteiger partial charge in [0.05, 0.1) is 11.4 Å². The maximum absolute atomic E-state index is 13.0. The Kier molecular flexibility index (Phi) is 5.47. The van der Waals surface area contributed by atoms with E-state index in [0.717, 1.165) is 32.0 Å². The van der Waals surface area contributed by atoms with Gasteiger partial charge in [0.1, 0.15) is 0 Å². The van der Waals surface area contributed by atoms with Crippen LogP contribution in [0, 0.1) is 13.8 Å². The lowest BCUT2D eigenvalue weighted by molar-refractivity contribution is -0.118. The number of anilines is 1. The van der Waals surface area contributed by atoms with Crippen LogP contribution in [0.4, 0.5) is 5.69 Å². The minimum absolute atomic E-state index is 0.00129. The van der Waals surface area contributed by atoms with Gasteiger partial charge in [0, 0.05) is 23.2 Å². The predicted octanol–water partition coefficient (Wildman–Crippen LogP) is 3.66. The minimum Gasteiger partial charge on any atom is -0.308 e. The zero-order chi connectivity index (χ0) is 19.9. The Bertz CT molecular complexity index is 1000. The molecule has 144 valence electrons. The Labute approximate surface area is 169 Å². The third-order valence-corrected chi connectivity index (χ3v) is 7.35. The summed E-state index contributed by atoms with van der Waals surface area (Å²) in [4.78, 5) is 14.9. The summed E-state index contributed by atoms with van der Waals surface area (Å²) < 4.78 is 28.1. The van der Waals surface area contributed by atoms with E-state index in [4.69, 9.17) is 0 Å². The first kappa shape index (κ1) is 20.0. The van der Waals surface area contributed by atoms with Gasteiger partial charge in [-0.25, -0.2) is 8.42 Å². The van der Waals surface area contributed by atoms with Gasteiger partial charge in [-0.3, -0.25) is 4.79 Å². The normalized spacial score (nSPS) is 16.7. The van der Waals surface area contributed by atoms with Crippen molar-refractivity contribution in [1.82, 2.24) is 4.31 Å². The van der Waals surface area contributed by atoms with Crippen LogP contribution in [0.3, 0.4) is 0 Å². The Morgan fingerprint density at radius 3 is 2.63 bits per heavy atom. The average Bonchev–Trinajstić information content (AvgIpc) is 2.91. The van der Waals surface area contributed by atoms with Gasteiger partial charge in [0.25, 0.3) is 0 Å². The highest BCUT2D eigenvalue weighted by Gasteiger charge is 2.33. The van der Waals surface area contributed by atoms with Crippen molar-refractivity contribution in [1.29, 1.82) is 0 Å². The number of hydrogen-bond donors (Lipinski definition) is 0. The third-order valence-electron chi connectivity index (χ3n) is 4.92. The molecule has 27 heavy (non-hydrogen) atoms. The molecule has 0 bridgehead atoms. The first-order chi connectivity index (χ1) is 12.6. The smallest absolute Gasteiger partial charge is 0.243 e. The van der Waals surface area contributed by atoms with Gasteiger partial charge in [-0.2, -0.15) is 4.31 Å². The summed E-state index contributed by atoms with van der Waals surface area (Å²) in [5.41, 5.74) is 3.48. The van der Waals surface area contributed by atoms with E-state index in [1.807, 2.05) is 38.1 Å². The van der Waals surface area contributed by atoms with Crippen molar-refractivity contribution in [3.63, 3.8) is 0 Å². The minimum atomic E-state index is -3.74. The van der Waals surface area contributed by atoms with Gasteiger partial charge in [0.15, 0.2) is 0 Å². The van der Waals surface area contributed by atoms with Gasteiger partial charge in [-0.05, 0) is 68.1 Å². The quantitative estimate of drug-likeness (QED) is 0.713. The lowest BCUT2D eigenvalue weighted by Crippen LogP contribution is -2.43. The first-order valence-electron chi connectivity index (χ1n) is 8.75. The molecular formula is C20H23BrN2O3S. The van der Waals surface area contributed by atoms with Gasteiger partial charge in [0.2, 0.25) is 15.9 Å². The van der Waals surface area contributed by atoms with Crippen LogP contribution in [0.15, 0.2) is 45.8 Å². The van der Waals surface area contributed by atoms with E-state index in [9.17, 15) is 13.2 Å². The second-order valence-corrected chi connectivity index (χ2v) is 10.0. The fraction of sp³-hybridized carbons (Fsp3) is 0.350. The van der Waals surface area contributed by atoms with Crippen LogP contribution in [-0.2, 0) is 21.2 Å².